The van der Waals surface area contributed by atoms with Crippen LogP contribution < -0.4 is 17.2 Å². The summed E-state index contributed by atoms with van der Waals surface area (Å²) in [5, 5.41) is 0. The molecular formula is C73H59F2N15O3. The van der Waals surface area contributed by atoms with E-state index in [1.807, 2.05) is 55.5 Å². The first-order valence-corrected chi connectivity index (χ1v) is 29.7. The number of aliphatic imine (C=N–C) groups is 3. The lowest BCUT2D eigenvalue weighted by atomic mass is 9.81. The van der Waals surface area contributed by atoms with Crippen LogP contribution in [-0.2, 0) is 37.4 Å². The average Bonchev–Trinajstić information content (AvgIpc) is 1.62. The number of nitrogens with zero attached hydrogens (tertiary/aromatic N) is 12. The molecule has 3 aliphatic heterocycles. The first kappa shape index (κ1) is 61.2. The van der Waals surface area contributed by atoms with Crippen LogP contribution >= 0.6 is 0 Å². The van der Waals surface area contributed by atoms with Crippen LogP contribution in [0.2, 0.25) is 0 Å². The molecule has 5 atom stereocenters. The predicted molar refractivity (Wildman–Crippen MR) is 350 cm³/mol. The maximum Gasteiger partial charge on any atom is 0.268 e. The maximum atomic E-state index is 17.7. The monoisotopic (exact) mass is 1230 g/mol. The quantitative estimate of drug-likeness (QED) is 0.0767. The highest BCUT2D eigenvalue weighted by Gasteiger charge is 2.55. The highest BCUT2D eigenvalue weighted by Crippen LogP contribution is 2.46. The van der Waals surface area contributed by atoms with Gasteiger partial charge in [0.05, 0.1) is 24.5 Å². The molecule has 93 heavy (non-hydrogen) atoms. The predicted octanol–water partition coefficient (Wildman–Crippen LogP) is 8.99. The summed E-state index contributed by atoms with van der Waals surface area (Å²) in [7, 11) is 1.50. The summed E-state index contributed by atoms with van der Waals surface area (Å²) in [4.78, 5) is 90.6. The van der Waals surface area contributed by atoms with Crippen LogP contribution in [0, 0.1) is 35.5 Å². The number of carbonyl (C=O) groups excluding carboxylic acids is 3. The van der Waals surface area contributed by atoms with Gasteiger partial charge in [0.2, 0.25) is 5.54 Å². The molecule has 3 amide bonds. The number of aryl methyl sites for hydroxylation is 1. The number of aromatic nitrogens is 6. The fraction of sp³-hybridized carbons (Fsp3) is 0.178. The van der Waals surface area contributed by atoms with Gasteiger partial charge in [0.25, 0.3) is 17.7 Å². The number of guanidine groups is 3. The third kappa shape index (κ3) is 11.0. The van der Waals surface area contributed by atoms with Gasteiger partial charge in [-0.3, -0.25) is 59.0 Å². The molecule has 9 heterocycles. The van der Waals surface area contributed by atoms with Crippen molar-refractivity contribution >= 4 is 35.6 Å². The Labute approximate surface area is 535 Å². The summed E-state index contributed by atoms with van der Waals surface area (Å²) in [5.41, 5.74) is 22.6. The van der Waals surface area contributed by atoms with Crippen LogP contribution in [-0.4, -0.2) is 100 Å². The van der Waals surface area contributed by atoms with Gasteiger partial charge < -0.3 is 17.2 Å². The zero-order chi connectivity index (χ0) is 65.2. The molecule has 0 fully saturated rings. The van der Waals surface area contributed by atoms with Crippen molar-refractivity contribution in [1.82, 2.24) is 44.6 Å². The summed E-state index contributed by atoms with van der Waals surface area (Å²) in [5.74, 6) is 15.1. The van der Waals surface area contributed by atoms with Crippen molar-refractivity contribution in [2.75, 3.05) is 20.1 Å². The van der Waals surface area contributed by atoms with Gasteiger partial charge in [-0.25, -0.2) is 23.8 Å². The first-order chi connectivity index (χ1) is 45.0. The van der Waals surface area contributed by atoms with E-state index in [1.165, 1.54) is 42.5 Å². The number of hydrogen-bond donors (Lipinski definition) is 3. The SMILES string of the molecule is CC#Cc1cncc(-c2cccc(C3(c4ccnc(C(F)CN5C(=O)C(c6cccc(-c7cncc(C#CC)c7)c6)(c6cc(C(F)CN7C(=O)C(c8ccc(CC)nc8)(c8cccc(-c9cncc(C#CC)c9)c8)N=C7N)ccn6)N=C5N)c4)N=C(N)N(C)C3=O)c2)c1. The van der Waals surface area contributed by atoms with Gasteiger partial charge >= 0.3 is 0 Å². The summed E-state index contributed by atoms with van der Waals surface area (Å²) in [6, 6.07) is 36.3. The van der Waals surface area contributed by atoms with Crippen molar-refractivity contribution in [2.24, 2.45) is 32.2 Å². The van der Waals surface area contributed by atoms with Crippen LogP contribution in [0.1, 0.15) is 107 Å². The van der Waals surface area contributed by atoms with E-state index < -0.39 is 59.8 Å². The molecule has 458 valence electrons. The molecule has 0 bridgehead atoms. The van der Waals surface area contributed by atoms with Gasteiger partial charge in [0.15, 0.2) is 35.1 Å². The second kappa shape index (κ2) is 25.1. The number of benzene rings is 3. The number of rotatable bonds is 16. The minimum Gasteiger partial charge on any atom is -0.369 e. The highest BCUT2D eigenvalue weighted by molar-refractivity contribution is 6.11. The molecule has 20 heteroatoms. The summed E-state index contributed by atoms with van der Waals surface area (Å²) in [6.45, 7) is 5.79. The highest BCUT2D eigenvalue weighted by atomic mass is 19.1. The van der Waals surface area contributed by atoms with Gasteiger partial charge in [-0.1, -0.05) is 85.3 Å². The molecule has 0 spiro atoms. The van der Waals surface area contributed by atoms with Crippen LogP contribution in [0.5, 0.6) is 0 Å². The number of pyridine rings is 6. The number of nitrogens with two attached hydrogens (primary N) is 3. The van der Waals surface area contributed by atoms with E-state index in [0.717, 1.165) is 26.6 Å². The van der Waals surface area contributed by atoms with E-state index in [4.69, 9.17) is 37.2 Å². The Hall–Kier alpha value is -12.1. The second-order valence-corrected chi connectivity index (χ2v) is 22.3. The lowest BCUT2D eigenvalue weighted by molar-refractivity contribution is -0.131. The Bertz CT molecular complexity index is 4810. The Morgan fingerprint density at radius 3 is 1.41 bits per heavy atom. The van der Waals surface area contributed by atoms with Crippen LogP contribution in [0.4, 0.5) is 8.78 Å². The number of halogens is 2. The van der Waals surface area contributed by atoms with Crippen LogP contribution in [0.3, 0.4) is 0 Å². The molecule has 9 aromatic rings. The zero-order valence-corrected chi connectivity index (χ0v) is 51.2. The third-order valence-corrected chi connectivity index (χ3v) is 16.7. The topological polar surface area (TPSA) is 253 Å². The molecule has 3 aliphatic rings. The Morgan fingerprint density at radius 2 is 0.925 bits per heavy atom. The molecule has 5 unspecified atom stereocenters. The molecular weight excluding hydrogens is 1170 g/mol. The van der Waals surface area contributed by atoms with Crippen LogP contribution in [0.25, 0.3) is 33.4 Å². The minimum atomic E-state index is -2.17. The van der Waals surface area contributed by atoms with E-state index in [0.29, 0.717) is 62.1 Å². The summed E-state index contributed by atoms with van der Waals surface area (Å²) in [6.07, 6.45) is 10.8. The second-order valence-electron chi connectivity index (χ2n) is 22.3. The van der Waals surface area contributed by atoms with Gasteiger partial charge in [-0.05, 0) is 138 Å². The van der Waals surface area contributed by atoms with Gasteiger partial charge in [-0.2, -0.15) is 0 Å². The minimum absolute atomic E-state index is 0.0162. The van der Waals surface area contributed by atoms with E-state index in [9.17, 15) is 4.79 Å². The standard InChI is InChI=1S/C73H59F2N15O3/c1-6-13-45-28-52(39-79-36-45)48-16-10-19-55(31-48)71(65(91)88(5)68(76)85-71)58-25-27-82-63(35-58)62(75)44-90-67(93)73(87-70(90)78,57-21-12-18-50(33-57)54-30-47(15-8-3)38-81-41-54)64-34-51(24-26-83-64)61(74)43-89-66(92)72(86-69(89)77,59-22-23-60(9-4)84-42-59)56-20-11-17-49(32-56)53-29-46(14-7-2)37-80-40-53/h10-12,16-42,61-62H,9,43-44H2,1-5H3,(H2,76,85)(H2,77,86)(H2,78,87). The van der Waals surface area contributed by atoms with Crippen molar-refractivity contribution in [3.8, 4) is 68.9 Å². The van der Waals surface area contributed by atoms with E-state index >= 15 is 18.4 Å². The van der Waals surface area contributed by atoms with Gasteiger partial charge in [0.1, 0.15) is 6.17 Å². The van der Waals surface area contributed by atoms with Crippen molar-refractivity contribution < 1.29 is 23.2 Å². The number of likely N-dealkylation sites (N-methyl/N-ethyl adjacent to an activating group) is 1. The Balaban J connectivity index is 0.893. The lowest BCUT2D eigenvalue weighted by Gasteiger charge is -2.29. The molecule has 12 rings (SSSR count). The van der Waals surface area contributed by atoms with Crippen molar-refractivity contribution in [2.45, 2.75) is 63.1 Å². The summed E-state index contributed by atoms with van der Waals surface area (Å²) >= 11 is 0. The fourth-order valence-corrected chi connectivity index (χ4v) is 12.0. The molecule has 18 nitrogen and oxygen atoms in total. The number of carbonyl (C=O) groups is 3. The first-order valence-electron chi connectivity index (χ1n) is 29.7. The fourth-order valence-electron chi connectivity index (χ4n) is 12.0. The van der Waals surface area contributed by atoms with Crippen molar-refractivity contribution in [1.29, 1.82) is 0 Å². The molecule has 0 radical (unpaired) electrons. The Morgan fingerprint density at radius 1 is 0.462 bits per heavy atom. The van der Waals surface area contributed by atoms with Crippen molar-refractivity contribution in [3.63, 3.8) is 0 Å². The maximum absolute atomic E-state index is 17.7. The van der Waals surface area contributed by atoms with E-state index in [1.54, 1.807) is 125 Å². The smallest absolute Gasteiger partial charge is 0.268 e. The molecule has 6 N–H and O–H groups in total. The molecule has 0 aliphatic carbocycles. The average molecular weight is 1230 g/mol. The lowest BCUT2D eigenvalue weighted by Crippen LogP contribution is -2.45. The van der Waals surface area contributed by atoms with Gasteiger partial charge in [0, 0.05) is 107 Å². The van der Waals surface area contributed by atoms with E-state index in [2.05, 4.69) is 60.4 Å². The number of hydrogen-bond acceptors (Lipinski definition) is 15. The third-order valence-electron chi connectivity index (χ3n) is 16.7. The van der Waals surface area contributed by atoms with Crippen molar-refractivity contribution in [3.05, 3.63) is 250 Å². The Kier molecular flexibility index (Phi) is 16.5. The van der Waals surface area contributed by atoms with E-state index in [-0.39, 0.29) is 46.0 Å². The number of amides is 3. The van der Waals surface area contributed by atoms with Gasteiger partial charge in [-0.15, -0.1) is 17.8 Å². The largest absolute Gasteiger partial charge is 0.369 e. The summed E-state index contributed by atoms with van der Waals surface area (Å²) < 4.78 is 35.3. The number of alkyl halides is 2. The van der Waals surface area contributed by atoms with Crippen LogP contribution in [0.15, 0.2) is 198 Å². The zero-order valence-electron chi connectivity index (χ0n) is 51.2. The molecule has 0 saturated carbocycles. The molecule has 0 saturated heterocycles. The molecule has 3 aromatic carbocycles. The normalized spacial score (nSPS) is 18.9. The molecule has 6 aromatic heterocycles.